The maximum atomic E-state index is 8.50. The number of hydrogen-bond donors (Lipinski definition) is 2. The number of ether oxygens (including phenoxy) is 1. The number of nitrogens with one attached hydrogen (secondary N) is 1. The van der Waals surface area contributed by atoms with Crippen molar-refractivity contribution in [1.82, 2.24) is 5.32 Å². The Morgan fingerprint density at radius 1 is 1.78 bits per heavy atom. The van der Waals surface area contributed by atoms with E-state index in [9.17, 15) is 0 Å². The second kappa shape index (κ2) is 5.26. The summed E-state index contributed by atoms with van der Waals surface area (Å²) in [5.74, 6) is 0. The molecule has 0 aromatic carbocycles. The molecule has 1 unspecified atom stereocenters. The summed E-state index contributed by atoms with van der Waals surface area (Å²) in [7, 11) is 0. The van der Waals surface area contributed by atoms with E-state index in [1.165, 1.54) is 6.92 Å². The summed E-state index contributed by atoms with van der Waals surface area (Å²) in [6.07, 6.45) is 1.47. The topological polar surface area (TPSA) is 41.5 Å². The van der Waals surface area contributed by atoms with Crippen LogP contribution in [0, 0.1) is 12.2 Å². The molecule has 0 rings (SSSR count). The van der Waals surface area contributed by atoms with Crippen LogP contribution in [0.2, 0.25) is 0 Å². The van der Waals surface area contributed by atoms with Gasteiger partial charge >= 0.3 is 0 Å². The fourth-order valence-electron chi connectivity index (χ4n) is 0.239. The van der Waals surface area contributed by atoms with Crippen LogP contribution in [0.3, 0.4) is 0 Å². The molecule has 0 heterocycles. The van der Waals surface area contributed by atoms with Crippen LogP contribution in [-0.4, -0.2) is 17.9 Å². The molecule has 0 aliphatic rings. The zero-order chi connectivity index (χ0) is 7.11. The minimum atomic E-state index is -0.809. The van der Waals surface area contributed by atoms with Crippen LogP contribution in [0.5, 0.6) is 0 Å². The van der Waals surface area contributed by atoms with Gasteiger partial charge in [-0.05, 0) is 13.8 Å². The molecule has 2 N–H and O–H groups in total. The molecule has 0 aromatic heterocycles. The third-order valence-electron chi connectivity index (χ3n) is 0.546. The van der Waals surface area contributed by atoms with E-state index >= 15 is 0 Å². The van der Waals surface area contributed by atoms with Gasteiger partial charge in [0.05, 0.1) is 0 Å². The first kappa shape index (κ1) is 8.12. The van der Waals surface area contributed by atoms with Gasteiger partial charge in [-0.25, -0.2) is 0 Å². The van der Waals surface area contributed by atoms with E-state index in [2.05, 4.69) is 22.2 Å². The molecule has 52 valence electrons. The Labute approximate surface area is 55.0 Å². The highest BCUT2D eigenvalue weighted by atomic mass is 16.6. The fraction of sp³-hybridized carbons (Fsp3) is 0.667. The standard InChI is InChI=1S/C6H11NO2/c1-3-7-4-5-9-6(2)8/h6-8H,3H2,1-2H3. The summed E-state index contributed by atoms with van der Waals surface area (Å²) in [5.41, 5.74) is 0. The Hall–Kier alpha value is -0.880. The van der Waals surface area contributed by atoms with Crippen LogP contribution in [0.15, 0.2) is 0 Å². The normalized spacial score (nSPS) is 11.0. The number of rotatable bonds is 2. The molecule has 0 aliphatic heterocycles. The van der Waals surface area contributed by atoms with Crippen molar-refractivity contribution in [1.29, 1.82) is 0 Å². The molecule has 0 saturated heterocycles. The molecule has 0 aliphatic carbocycles. The van der Waals surface area contributed by atoms with E-state index in [0.29, 0.717) is 0 Å². The van der Waals surface area contributed by atoms with Crippen molar-refractivity contribution in [2.24, 2.45) is 0 Å². The fourth-order valence-corrected chi connectivity index (χ4v) is 0.239. The first-order valence-electron chi connectivity index (χ1n) is 2.84. The van der Waals surface area contributed by atoms with Crippen LogP contribution in [0.25, 0.3) is 0 Å². The molecular formula is C6H11NO2. The zero-order valence-corrected chi connectivity index (χ0v) is 5.64. The zero-order valence-electron chi connectivity index (χ0n) is 5.64. The van der Waals surface area contributed by atoms with E-state index in [-0.39, 0.29) is 0 Å². The SMILES string of the molecule is CCNC#COC(C)O. The Morgan fingerprint density at radius 3 is 2.89 bits per heavy atom. The summed E-state index contributed by atoms with van der Waals surface area (Å²) >= 11 is 0. The number of aliphatic hydroxyl groups is 1. The number of hydrogen-bond acceptors (Lipinski definition) is 3. The van der Waals surface area contributed by atoms with Crippen LogP contribution in [-0.2, 0) is 4.74 Å². The predicted octanol–water partition coefficient (Wildman–Crippen LogP) is -0.131. The summed E-state index contributed by atoms with van der Waals surface area (Å²) in [6, 6.07) is 2.48. The quantitative estimate of drug-likeness (QED) is 0.310. The summed E-state index contributed by atoms with van der Waals surface area (Å²) < 4.78 is 4.48. The van der Waals surface area contributed by atoms with Gasteiger partial charge in [-0.1, -0.05) is 0 Å². The Morgan fingerprint density at radius 2 is 2.44 bits per heavy atom. The molecule has 0 radical (unpaired) electrons. The molecule has 9 heavy (non-hydrogen) atoms. The van der Waals surface area contributed by atoms with Crippen molar-refractivity contribution < 1.29 is 9.84 Å². The summed E-state index contributed by atoms with van der Waals surface area (Å²) in [6.45, 7) is 4.20. The van der Waals surface area contributed by atoms with Gasteiger partial charge in [-0.15, -0.1) is 0 Å². The average molecular weight is 129 g/mol. The minimum Gasteiger partial charge on any atom is -0.414 e. The van der Waals surface area contributed by atoms with Crippen LogP contribution >= 0.6 is 0 Å². The van der Waals surface area contributed by atoms with Gasteiger partial charge in [0.1, 0.15) is 6.11 Å². The molecule has 0 amide bonds. The van der Waals surface area contributed by atoms with Crippen LogP contribution in [0.1, 0.15) is 13.8 Å². The molecule has 0 fully saturated rings. The van der Waals surface area contributed by atoms with E-state index in [4.69, 9.17) is 5.11 Å². The van der Waals surface area contributed by atoms with Crippen molar-refractivity contribution in [2.45, 2.75) is 20.1 Å². The molecule has 0 saturated carbocycles. The molecule has 3 heteroatoms. The van der Waals surface area contributed by atoms with E-state index in [1.807, 2.05) is 6.92 Å². The molecular weight excluding hydrogens is 118 g/mol. The van der Waals surface area contributed by atoms with Crippen molar-refractivity contribution in [3.8, 4) is 12.2 Å². The highest BCUT2D eigenvalue weighted by molar-refractivity contribution is 4.87. The number of aliphatic hydroxyl groups excluding tert-OH is 1. The maximum absolute atomic E-state index is 8.50. The predicted molar refractivity (Wildman–Crippen MR) is 34.2 cm³/mol. The van der Waals surface area contributed by atoms with Gasteiger partial charge in [-0.3, -0.25) is 0 Å². The van der Waals surface area contributed by atoms with Gasteiger partial charge in [0.25, 0.3) is 0 Å². The molecule has 0 spiro atoms. The molecule has 0 bridgehead atoms. The van der Waals surface area contributed by atoms with Gasteiger partial charge in [0.2, 0.25) is 6.29 Å². The lowest BCUT2D eigenvalue weighted by Gasteiger charge is -1.96. The highest BCUT2D eigenvalue weighted by Crippen LogP contribution is 1.77. The molecule has 1 atom stereocenters. The Kier molecular flexibility index (Phi) is 4.75. The van der Waals surface area contributed by atoms with Gasteiger partial charge < -0.3 is 15.2 Å². The van der Waals surface area contributed by atoms with E-state index in [0.717, 1.165) is 6.54 Å². The largest absolute Gasteiger partial charge is 0.414 e. The smallest absolute Gasteiger partial charge is 0.205 e. The lowest BCUT2D eigenvalue weighted by Crippen LogP contribution is -2.05. The summed E-state index contributed by atoms with van der Waals surface area (Å²) in [4.78, 5) is 0. The maximum Gasteiger partial charge on any atom is 0.205 e. The highest BCUT2D eigenvalue weighted by Gasteiger charge is 1.85. The Balaban J connectivity index is 3.16. The molecule has 3 nitrogen and oxygen atoms in total. The first-order chi connectivity index (χ1) is 4.27. The van der Waals surface area contributed by atoms with Crippen molar-refractivity contribution >= 4 is 0 Å². The summed E-state index contributed by atoms with van der Waals surface area (Å²) in [5, 5.41) is 11.2. The van der Waals surface area contributed by atoms with Crippen molar-refractivity contribution in [2.75, 3.05) is 6.54 Å². The second-order valence-corrected chi connectivity index (χ2v) is 1.47. The third kappa shape index (κ3) is 7.12. The van der Waals surface area contributed by atoms with E-state index < -0.39 is 6.29 Å². The van der Waals surface area contributed by atoms with Crippen molar-refractivity contribution in [3.63, 3.8) is 0 Å². The van der Waals surface area contributed by atoms with Crippen LogP contribution < -0.4 is 5.32 Å². The second-order valence-electron chi connectivity index (χ2n) is 1.47. The van der Waals surface area contributed by atoms with Crippen LogP contribution in [0.4, 0.5) is 0 Å². The van der Waals surface area contributed by atoms with Gasteiger partial charge in [0.15, 0.2) is 0 Å². The molecule has 0 aromatic rings. The van der Waals surface area contributed by atoms with Crippen molar-refractivity contribution in [3.05, 3.63) is 0 Å². The average Bonchev–Trinajstić information content (AvgIpc) is 1.80. The lowest BCUT2D eigenvalue weighted by molar-refractivity contribution is -0.0232. The first-order valence-corrected chi connectivity index (χ1v) is 2.84. The van der Waals surface area contributed by atoms with E-state index in [1.54, 1.807) is 0 Å². The monoisotopic (exact) mass is 129 g/mol. The van der Waals surface area contributed by atoms with Gasteiger partial charge in [-0.2, -0.15) is 0 Å². The Bertz CT molecular complexity index is 112. The minimum absolute atomic E-state index is 0.774. The lowest BCUT2D eigenvalue weighted by atomic mass is 10.7. The van der Waals surface area contributed by atoms with Gasteiger partial charge in [0, 0.05) is 12.6 Å². The third-order valence-corrected chi connectivity index (χ3v) is 0.546.